The predicted molar refractivity (Wildman–Crippen MR) is 147 cm³/mol. The number of piperazine rings is 1. The molecule has 0 aromatic heterocycles. The molecule has 37 heavy (non-hydrogen) atoms. The quantitative estimate of drug-likeness (QED) is 0.488. The van der Waals surface area contributed by atoms with Gasteiger partial charge in [-0.3, -0.25) is 4.79 Å². The molecule has 2 saturated carbocycles. The van der Waals surface area contributed by atoms with Crippen LogP contribution in [0, 0.1) is 17.8 Å². The van der Waals surface area contributed by atoms with Crippen LogP contribution in [0.4, 0.5) is 11.4 Å². The Morgan fingerprint density at radius 1 is 0.892 bits per heavy atom. The summed E-state index contributed by atoms with van der Waals surface area (Å²) in [5, 5.41) is 3.91. The molecule has 4 aliphatic rings. The number of rotatable bonds is 4. The van der Waals surface area contributed by atoms with E-state index in [1.54, 1.807) is 7.11 Å². The number of fused-ring (bicyclic) bond motifs is 7. The molecule has 2 bridgehead atoms. The lowest BCUT2D eigenvalue weighted by atomic mass is 9.68. The van der Waals surface area contributed by atoms with Gasteiger partial charge >= 0.3 is 0 Å². The second-order valence-corrected chi connectivity index (χ2v) is 11.2. The van der Waals surface area contributed by atoms with Crippen LogP contribution in [0.2, 0.25) is 0 Å². The van der Waals surface area contributed by atoms with Gasteiger partial charge in [-0.15, -0.1) is 0 Å². The van der Waals surface area contributed by atoms with E-state index in [-0.39, 0.29) is 5.91 Å². The van der Waals surface area contributed by atoms with E-state index in [9.17, 15) is 4.79 Å². The summed E-state index contributed by atoms with van der Waals surface area (Å²) in [6.07, 6.45) is 4.02. The number of methoxy groups -OCH3 is 1. The molecule has 0 radical (unpaired) electrons. The summed E-state index contributed by atoms with van der Waals surface area (Å²) >= 11 is 0. The van der Waals surface area contributed by atoms with Gasteiger partial charge < -0.3 is 19.9 Å². The Labute approximate surface area is 219 Å². The van der Waals surface area contributed by atoms with Crippen molar-refractivity contribution in [3.63, 3.8) is 0 Å². The molecular weight excluding hydrogens is 458 g/mol. The highest BCUT2D eigenvalue weighted by Gasteiger charge is 2.53. The predicted octanol–water partition coefficient (Wildman–Crippen LogP) is 5.95. The van der Waals surface area contributed by atoms with Crippen molar-refractivity contribution in [3.05, 3.63) is 89.5 Å². The van der Waals surface area contributed by atoms with Gasteiger partial charge in [0.15, 0.2) is 0 Å². The van der Waals surface area contributed by atoms with Crippen molar-refractivity contribution in [1.82, 2.24) is 4.90 Å². The van der Waals surface area contributed by atoms with Gasteiger partial charge in [0, 0.05) is 43.1 Å². The molecule has 3 fully saturated rings. The van der Waals surface area contributed by atoms with Gasteiger partial charge in [-0.1, -0.05) is 30.3 Å². The van der Waals surface area contributed by atoms with Crippen molar-refractivity contribution >= 4 is 17.3 Å². The third-order valence-corrected chi connectivity index (χ3v) is 9.50. The van der Waals surface area contributed by atoms with E-state index in [2.05, 4.69) is 64.8 Å². The summed E-state index contributed by atoms with van der Waals surface area (Å²) < 4.78 is 5.29. The molecule has 3 aromatic rings. The number of carbonyl (C=O) groups is 1. The summed E-state index contributed by atoms with van der Waals surface area (Å²) in [5.74, 6) is 3.74. The molecule has 3 aromatic carbocycles. The normalized spacial score (nSPS) is 27.9. The van der Waals surface area contributed by atoms with Crippen LogP contribution in [0.15, 0.2) is 72.8 Å². The minimum atomic E-state index is 0.169. The summed E-state index contributed by atoms with van der Waals surface area (Å²) in [6, 6.07) is 26.0. The lowest BCUT2D eigenvalue weighted by Crippen LogP contribution is -2.48. The number of hydrogen-bond donors (Lipinski definition) is 1. The van der Waals surface area contributed by atoms with E-state index in [1.165, 1.54) is 41.8 Å². The zero-order valence-electron chi connectivity index (χ0n) is 21.5. The van der Waals surface area contributed by atoms with Crippen LogP contribution in [-0.2, 0) is 0 Å². The Hall–Kier alpha value is -3.47. The molecule has 5 nitrogen and oxygen atoms in total. The molecule has 0 unspecified atom stereocenters. The summed E-state index contributed by atoms with van der Waals surface area (Å²) in [6.45, 7) is 3.18. The fraction of sp³-hybridized carbons (Fsp3) is 0.406. The highest BCUT2D eigenvalue weighted by molar-refractivity contribution is 5.95. The number of ether oxygens (including phenoxy) is 1. The molecule has 190 valence electrons. The highest BCUT2D eigenvalue weighted by Crippen LogP contribution is 2.63. The molecular formula is C32H35N3O2. The van der Waals surface area contributed by atoms with Crippen molar-refractivity contribution in [2.45, 2.75) is 31.2 Å². The van der Waals surface area contributed by atoms with E-state index < -0.39 is 0 Å². The molecule has 1 N–H and O–H groups in total. The number of hydrogen-bond acceptors (Lipinski definition) is 4. The minimum Gasteiger partial charge on any atom is -0.497 e. The van der Waals surface area contributed by atoms with Gasteiger partial charge in [-0.05, 0) is 96.5 Å². The number of nitrogens with one attached hydrogen (secondary N) is 1. The first-order valence-electron chi connectivity index (χ1n) is 13.8. The highest BCUT2D eigenvalue weighted by atomic mass is 16.5. The summed E-state index contributed by atoms with van der Waals surface area (Å²) in [5.41, 5.74) is 6.03. The Balaban J connectivity index is 1.11. The zero-order chi connectivity index (χ0) is 24.9. The van der Waals surface area contributed by atoms with Gasteiger partial charge in [-0.2, -0.15) is 0 Å². The largest absolute Gasteiger partial charge is 0.497 e. The van der Waals surface area contributed by atoms with Crippen LogP contribution in [0.5, 0.6) is 5.75 Å². The first kappa shape index (κ1) is 22.7. The number of carbonyl (C=O) groups excluding carboxylic acids is 1. The Morgan fingerprint density at radius 3 is 2.41 bits per heavy atom. The second-order valence-electron chi connectivity index (χ2n) is 11.2. The number of benzene rings is 3. The molecule has 1 saturated heterocycles. The standard InChI is InChI=1S/C32H35N3O2/c1-37-26-12-10-25(11-13-26)34-15-17-35(18-16-34)32(36)24-9-14-28-27(20-24)29-22-7-8-23(19-22)30(29)31(33-28)21-5-3-2-4-6-21/h2-6,9-14,20,22-23,29-31,33H,7-8,15-19H2,1H3/t22-,23-,29+,30-,31+/m0/s1. The average molecular weight is 494 g/mol. The minimum absolute atomic E-state index is 0.169. The van der Waals surface area contributed by atoms with Crippen LogP contribution in [-0.4, -0.2) is 44.1 Å². The SMILES string of the molecule is COc1ccc(N2CCN(C(=O)c3ccc4c(c3)[C@H]3[C@H]5CC[C@@H](C5)[C@@H]3[C@@H](c3ccccc3)N4)CC2)cc1. The second kappa shape index (κ2) is 9.13. The van der Waals surface area contributed by atoms with E-state index in [4.69, 9.17) is 4.74 Å². The Bertz CT molecular complexity index is 1280. The Kier molecular flexibility index (Phi) is 5.60. The number of anilines is 2. The van der Waals surface area contributed by atoms with E-state index in [1.807, 2.05) is 23.1 Å². The van der Waals surface area contributed by atoms with Crippen LogP contribution < -0.4 is 15.0 Å². The average Bonchev–Trinajstić information content (AvgIpc) is 3.60. The monoisotopic (exact) mass is 493 g/mol. The first-order valence-corrected chi connectivity index (χ1v) is 13.8. The van der Waals surface area contributed by atoms with Crippen LogP contribution in [0.1, 0.15) is 52.7 Å². The summed E-state index contributed by atoms with van der Waals surface area (Å²) in [7, 11) is 1.69. The molecule has 7 rings (SSSR count). The maximum absolute atomic E-state index is 13.6. The van der Waals surface area contributed by atoms with Crippen LogP contribution in [0.25, 0.3) is 0 Å². The third kappa shape index (κ3) is 3.87. The van der Waals surface area contributed by atoms with E-state index in [0.29, 0.717) is 17.9 Å². The van der Waals surface area contributed by atoms with Gasteiger partial charge in [0.1, 0.15) is 5.75 Å². The van der Waals surface area contributed by atoms with Gasteiger partial charge in [0.2, 0.25) is 0 Å². The smallest absolute Gasteiger partial charge is 0.253 e. The van der Waals surface area contributed by atoms with Crippen LogP contribution in [0.3, 0.4) is 0 Å². The van der Waals surface area contributed by atoms with E-state index >= 15 is 0 Å². The maximum atomic E-state index is 13.6. The topological polar surface area (TPSA) is 44.8 Å². The lowest BCUT2D eigenvalue weighted by molar-refractivity contribution is 0.0746. The van der Waals surface area contributed by atoms with Gasteiger partial charge in [0.25, 0.3) is 5.91 Å². The number of amides is 1. The molecule has 2 aliphatic heterocycles. The van der Waals surface area contributed by atoms with Gasteiger partial charge in [0.05, 0.1) is 13.2 Å². The Morgan fingerprint density at radius 2 is 1.65 bits per heavy atom. The lowest BCUT2D eigenvalue weighted by Gasteiger charge is -2.44. The van der Waals surface area contributed by atoms with Crippen molar-refractivity contribution in [3.8, 4) is 5.75 Å². The van der Waals surface area contributed by atoms with Crippen molar-refractivity contribution in [1.29, 1.82) is 0 Å². The van der Waals surface area contributed by atoms with Crippen LogP contribution >= 0.6 is 0 Å². The molecule has 0 spiro atoms. The third-order valence-electron chi connectivity index (χ3n) is 9.50. The fourth-order valence-corrected chi connectivity index (χ4v) is 7.75. The molecule has 1 amide bonds. The first-order chi connectivity index (χ1) is 18.2. The van der Waals surface area contributed by atoms with Crippen molar-refractivity contribution in [2.75, 3.05) is 43.5 Å². The maximum Gasteiger partial charge on any atom is 0.253 e. The molecule has 2 heterocycles. The molecule has 5 atom stereocenters. The fourth-order valence-electron chi connectivity index (χ4n) is 7.75. The van der Waals surface area contributed by atoms with Crippen molar-refractivity contribution in [2.24, 2.45) is 17.8 Å². The van der Waals surface area contributed by atoms with E-state index in [0.717, 1.165) is 49.3 Å². The zero-order valence-corrected chi connectivity index (χ0v) is 21.5. The van der Waals surface area contributed by atoms with Crippen molar-refractivity contribution < 1.29 is 9.53 Å². The van der Waals surface area contributed by atoms with Gasteiger partial charge in [-0.25, -0.2) is 0 Å². The molecule has 2 aliphatic carbocycles. The number of nitrogens with zero attached hydrogens (tertiary/aromatic N) is 2. The molecule has 5 heteroatoms. The summed E-state index contributed by atoms with van der Waals surface area (Å²) in [4.78, 5) is 18.0.